The second-order valence-corrected chi connectivity index (χ2v) is 4.84. The Morgan fingerprint density at radius 2 is 1.95 bits per heavy atom. The number of rotatable bonds is 5. The Hall–Kier alpha value is -2.83. The van der Waals surface area contributed by atoms with Crippen molar-refractivity contribution < 1.29 is 19.4 Å². The van der Waals surface area contributed by atoms with E-state index in [1.54, 1.807) is 26.3 Å². The van der Waals surface area contributed by atoms with Crippen molar-refractivity contribution in [3.05, 3.63) is 47.3 Å². The van der Waals surface area contributed by atoms with Gasteiger partial charge in [0, 0.05) is 13.2 Å². The predicted molar refractivity (Wildman–Crippen MR) is 79.0 cm³/mol. The number of nitrogens with one attached hydrogen (secondary N) is 1. The summed E-state index contributed by atoms with van der Waals surface area (Å²) in [6.07, 6.45) is 1.39. The molecule has 1 aromatic heterocycles. The maximum absolute atomic E-state index is 12.2. The number of hydrogen-bond acceptors (Lipinski definition) is 4. The molecule has 22 heavy (non-hydrogen) atoms. The van der Waals surface area contributed by atoms with Crippen LogP contribution in [0.25, 0.3) is 0 Å². The highest BCUT2D eigenvalue weighted by Crippen LogP contribution is 2.18. The van der Waals surface area contributed by atoms with Gasteiger partial charge in [0.2, 0.25) is 0 Å². The van der Waals surface area contributed by atoms with Gasteiger partial charge in [0.15, 0.2) is 5.69 Å². The number of carbonyl (C=O) groups excluding carboxylic acids is 1. The Kier molecular flexibility index (Phi) is 4.45. The van der Waals surface area contributed by atoms with Crippen molar-refractivity contribution in [2.45, 2.75) is 13.0 Å². The van der Waals surface area contributed by atoms with Crippen LogP contribution >= 0.6 is 0 Å². The van der Waals surface area contributed by atoms with Crippen molar-refractivity contribution in [1.82, 2.24) is 15.1 Å². The van der Waals surface area contributed by atoms with Gasteiger partial charge in [-0.25, -0.2) is 4.79 Å². The third kappa shape index (κ3) is 3.25. The van der Waals surface area contributed by atoms with E-state index in [1.165, 1.54) is 10.9 Å². The first kappa shape index (κ1) is 15.6. The van der Waals surface area contributed by atoms with E-state index in [4.69, 9.17) is 9.84 Å². The van der Waals surface area contributed by atoms with Crippen LogP contribution < -0.4 is 10.1 Å². The molecule has 116 valence electrons. The second kappa shape index (κ2) is 6.30. The van der Waals surface area contributed by atoms with E-state index in [9.17, 15) is 9.59 Å². The molecule has 1 atom stereocenters. The Morgan fingerprint density at radius 3 is 2.50 bits per heavy atom. The van der Waals surface area contributed by atoms with Gasteiger partial charge in [-0.05, 0) is 24.6 Å². The minimum Gasteiger partial charge on any atom is -0.497 e. The van der Waals surface area contributed by atoms with Gasteiger partial charge >= 0.3 is 5.97 Å². The van der Waals surface area contributed by atoms with Crippen molar-refractivity contribution in [3.8, 4) is 5.75 Å². The van der Waals surface area contributed by atoms with Crippen molar-refractivity contribution in [3.63, 3.8) is 0 Å². The lowest BCUT2D eigenvalue weighted by molar-refractivity contribution is 0.0683. The van der Waals surface area contributed by atoms with Gasteiger partial charge in [0.1, 0.15) is 5.75 Å². The molecule has 0 spiro atoms. The molecule has 0 aliphatic rings. The van der Waals surface area contributed by atoms with Crippen LogP contribution in [0.2, 0.25) is 0 Å². The minimum atomic E-state index is -1.23. The molecular formula is C15H17N3O4. The third-order valence-corrected chi connectivity index (χ3v) is 3.24. The SMILES string of the molecule is COc1ccc(C(C)NC(=O)c2cn(C)nc2C(=O)O)cc1. The molecule has 0 aliphatic heterocycles. The summed E-state index contributed by atoms with van der Waals surface area (Å²) in [5.74, 6) is -0.987. The summed E-state index contributed by atoms with van der Waals surface area (Å²) in [5.41, 5.74) is 0.659. The number of hydrogen-bond donors (Lipinski definition) is 2. The summed E-state index contributed by atoms with van der Waals surface area (Å²) >= 11 is 0. The Labute approximate surface area is 127 Å². The zero-order valence-electron chi connectivity index (χ0n) is 12.5. The molecule has 0 aliphatic carbocycles. The fourth-order valence-corrected chi connectivity index (χ4v) is 2.06. The van der Waals surface area contributed by atoms with Crippen LogP contribution in [0.4, 0.5) is 0 Å². The second-order valence-electron chi connectivity index (χ2n) is 4.84. The molecule has 7 heteroatoms. The van der Waals surface area contributed by atoms with Crippen LogP contribution in [-0.2, 0) is 7.05 Å². The number of aromatic carboxylic acids is 1. The number of aromatic nitrogens is 2. The first-order valence-electron chi connectivity index (χ1n) is 6.64. The van der Waals surface area contributed by atoms with Gasteiger partial charge in [0.25, 0.3) is 5.91 Å². The largest absolute Gasteiger partial charge is 0.497 e. The Morgan fingerprint density at radius 1 is 1.32 bits per heavy atom. The fourth-order valence-electron chi connectivity index (χ4n) is 2.06. The van der Waals surface area contributed by atoms with Crippen molar-refractivity contribution in [2.24, 2.45) is 7.05 Å². The van der Waals surface area contributed by atoms with E-state index in [0.29, 0.717) is 0 Å². The molecule has 2 rings (SSSR count). The number of carboxylic acid groups (broad SMARTS) is 1. The van der Waals surface area contributed by atoms with E-state index in [1.807, 2.05) is 19.1 Å². The maximum Gasteiger partial charge on any atom is 0.357 e. The quantitative estimate of drug-likeness (QED) is 0.875. The number of nitrogens with zero attached hydrogens (tertiary/aromatic N) is 2. The summed E-state index contributed by atoms with van der Waals surface area (Å²) in [5, 5.41) is 15.6. The first-order chi connectivity index (χ1) is 10.4. The molecule has 0 saturated carbocycles. The third-order valence-electron chi connectivity index (χ3n) is 3.24. The van der Waals surface area contributed by atoms with Crippen LogP contribution in [0.3, 0.4) is 0 Å². The summed E-state index contributed by atoms with van der Waals surface area (Å²) in [4.78, 5) is 23.3. The highest BCUT2D eigenvalue weighted by Gasteiger charge is 2.22. The Bertz CT molecular complexity index is 691. The molecule has 0 bridgehead atoms. The molecular weight excluding hydrogens is 286 g/mol. The number of methoxy groups -OCH3 is 1. The topological polar surface area (TPSA) is 93.5 Å². The minimum absolute atomic E-state index is 0.0374. The number of carbonyl (C=O) groups is 2. The average molecular weight is 303 g/mol. The molecule has 7 nitrogen and oxygen atoms in total. The highest BCUT2D eigenvalue weighted by atomic mass is 16.5. The van der Waals surface area contributed by atoms with Gasteiger partial charge in [-0.15, -0.1) is 0 Å². The van der Waals surface area contributed by atoms with E-state index < -0.39 is 11.9 Å². The number of amides is 1. The highest BCUT2D eigenvalue weighted by molar-refractivity contribution is 6.03. The summed E-state index contributed by atoms with van der Waals surface area (Å²) in [7, 11) is 3.15. The van der Waals surface area contributed by atoms with Crippen LogP contribution in [0.15, 0.2) is 30.5 Å². The molecule has 2 aromatic rings. The zero-order valence-corrected chi connectivity index (χ0v) is 12.5. The lowest BCUT2D eigenvalue weighted by Crippen LogP contribution is -2.27. The zero-order chi connectivity index (χ0) is 16.3. The van der Waals surface area contributed by atoms with Crippen LogP contribution in [0.1, 0.15) is 39.4 Å². The van der Waals surface area contributed by atoms with E-state index >= 15 is 0 Å². The monoisotopic (exact) mass is 303 g/mol. The number of aryl methyl sites for hydroxylation is 1. The van der Waals surface area contributed by atoms with Crippen LogP contribution in [0, 0.1) is 0 Å². The van der Waals surface area contributed by atoms with Gasteiger partial charge in [-0.1, -0.05) is 12.1 Å². The van der Waals surface area contributed by atoms with E-state index in [2.05, 4.69) is 10.4 Å². The number of benzene rings is 1. The molecule has 1 aromatic carbocycles. The summed E-state index contributed by atoms with van der Waals surface area (Å²) < 4.78 is 6.38. The van der Waals surface area contributed by atoms with Crippen molar-refractivity contribution in [2.75, 3.05) is 7.11 Å². The van der Waals surface area contributed by atoms with Gasteiger partial charge < -0.3 is 15.2 Å². The lowest BCUT2D eigenvalue weighted by atomic mass is 10.1. The van der Waals surface area contributed by atoms with Crippen molar-refractivity contribution in [1.29, 1.82) is 0 Å². The van der Waals surface area contributed by atoms with Gasteiger partial charge in [0.05, 0.1) is 18.7 Å². The predicted octanol–water partition coefficient (Wildman–Crippen LogP) is 1.62. The normalized spacial score (nSPS) is 11.8. The lowest BCUT2D eigenvalue weighted by Gasteiger charge is -2.14. The van der Waals surface area contributed by atoms with Gasteiger partial charge in [-0.3, -0.25) is 9.48 Å². The fraction of sp³-hybridized carbons (Fsp3) is 0.267. The molecule has 1 unspecified atom stereocenters. The standard InChI is InChI=1S/C15H17N3O4/c1-9(10-4-6-11(22-3)7-5-10)16-14(19)12-8-18(2)17-13(12)15(20)21/h4-9H,1-3H3,(H,16,19)(H,20,21). The molecule has 0 fully saturated rings. The molecule has 1 amide bonds. The molecule has 0 radical (unpaired) electrons. The average Bonchev–Trinajstić information content (AvgIpc) is 2.89. The molecule has 0 saturated heterocycles. The smallest absolute Gasteiger partial charge is 0.357 e. The van der Waals surface area contributed by atoms with Gasteiger partial charge in [-0.2, -0.15) is 5.10 Å². The number of carboxylic acids is 1. The molecule has 2 N–H and O–H groups in total. The summed E-state index contributed by atoms with van der Waals surface area (Å²) in [6, 6.07) is 6.99. The summed E-state index contributed by atoms with van der Waals surface area (Å²) in [6.45, 7) is 1.82. The van der Waals surface area contributed by atoms with Crippen LogP contribution in [0.5, 0.6) is 5.75 Å². The van der Waals surface area contributed by atoms with E-state index in [-0.39, 0.29) is 17.3 Å². The van der Waals surface area contributed by atoms with E-state index in [0.717, 1.165) is 11.3 Å². The first-order valence-corrected chi connectivity index (χ1v) is 6.64. The Balaban J connectivity index is 2.15. The number of ether oxygens (including phenoxy) is 1. The molecule has 1 heterocycles. The van der Waals surface area contributed by atoms with Crippen LogP contribution in [-0.4, -0.2) is 33.9 Å². The van der Waals surface area contributed by atoms with Crippen molar-refractivity contribution >= 4 is 11.9 Å². The maximum atomic E-state index is 12.2.